The first kappa shape index (κ1) is 11.6. The molecule has 1 saturated carbocycles. The first-order valence-corrected chi connectivity index (χ1v) is 5.67. The monoisotopic (exact) mass is 259 g/mol. The molecule has 1 fully saturated rings. The second-order valence-corrected chi connectivity index (χ2v) is 5.12. The number of carbonyl (C=O) groups is 1. The lowest BCUT2D eigenvalue weighted by molar-refractivity contribution is -0.120. The van der Waals surface area contributed by atoms with Gasteiger partial charge < -0.3 is 10.4 Å². The molecular formula is C11H11Cl2NO2. The van der Waals surface area contributed by atoms with Crippen molar-refractivity contribution in [1.29, 1.82) is 0 Å². The third kappa shape index (κ3) is 2.11. The maximum atomic E-state index is 11.7. The molecule has 3 nitrogen and oxygen atoms in total. The van der Waals surface area contributed by atoms with E-state index in [1.807, 2.05) is 6.92 Å². The van der Waals surface area contributed by atoms with Crippen molar-refractivity contribution >= 4 is 34.8 Å². The molecule has 0 aromatic heterocycles. The second-order valence-electron chi connectivity index (χ2n) is 4.30. The van der Waals surface area contributed by atoms with Crippen molar-refractivity contribution in [3.63, 3.8) is 0 Å². The van der Waals surface area contributed by atoms with Crippen LogP contribution >= 0.6 is 23.2 Å². The standard InChI is InChI=1S/C11H11Cl2NO2/c1-11(2-3-11)10(16)14-6-4-7(12)9(15)8(13)5-6/h4-5,15H,2-3H2,1H3,(H,14,16). The summed E-state index contributed by atoms with van der Waals surface area (Å²) >= 11 is 11.5. The highest BCUT2D eigenvalue weighted by atomic mass is 35.5. The van der Waals surface area contributed by atoms with Gasteiger partial charge in [0, 0.05) is 11.1 Å². The normalized spacial score (nSPS) is 16.9. The van der Waals surface area contributed by atoms with E-state index in [0.717, 1.165) is 12.8 Å². The summed E-state index contributed by atoms with van der Waals surface area (Å²) in [6.45, 7) is 1.91. The molecule has 16 heavy (non-hydrogen) atoms. The van der Waals surface area contributed by atoms with Crippen LogP contribution in [0.5, 0.6) is 5.75 Å². The maximum absolute atomic E-state index is 11.7. The Bertz CT molecular complexity index is 432. The summed E-state index contributed by atoms with van der Waals surface area (Å²) in [5, 5.41) is 12.4. The Balaban J connectivity index is 2.19. The molecule has 2 rings (SSSR count). The zero-order valence-corrected chi connectivity index (χ0v) is 10.2. The lowest BCUT2D eigenvalue weighted by Crippen LogP contribution is -2.21. The number of halogens is 2. The van der Waals surface area contributed by atoms with Crippen molar-refractivity contribution < 1.29 is 9.90 Å². The van der Waals surface area contributed by atoms with Gasteiger partial charge in [0.2, 0.25) is 5.91 Å². The van der Waals surface area contributed by atoms with E-state index in [0.29, 0.717) is 5.69 Å². The van der Waals surface area contributed by atoms with Gasteiger partial charge in [-0.25, -0.2) is 0 Å². The molecule has 0 saturated heterocycles. The van der Waals surface area contributed by atoms with Crippen molar-refractivity contribution in [3.8, 4) is 5.75 Å². The van der Waals surface area contributed by atoms with Crippen LogP contribution in [0.3, 0.4) is 0 Å². The third-order valence-electron chi connectivity index (χ3n) is 2.82. The second kappa shape index (κ2) is 3.82. The van der Waals surface area contributed by atoms with Crippen molar-refractivity contribution in [2.75, 3.05) is 5.32 Å². The molecule has 0 radical (unpaired) electrons. The van der Waals surface area contributed by atoms with E-state index in [4.69, 9.17) is 23.2 Å². The zero-order chi connectivity index (χ0) is 11.9. The van der Waals surface area contributed by atoms with E-state index in [2.05, 4.69) is 5.32 Å². The van der Waals surface area contributed by atoms with Gasteiger partial charge in [-0.3, -0.25) is 4.79 Å². The number of hydrogen-bond acceptors (Lipinski definition) is 2. The largest absolute Gasteiger partial charge is 0.505 e. The summed E-state index contributed by atoms with van der Waals surface area (Å²) in [4.78, 5) is 11.7. The molecule has 5 heteroatoms. The smallest absolute Gasteiger partial charge is 0.230 e. The van der Waals surface area contributed by atoms with Crippen LogP contribution in [-0.2, 0) is 4.79 Å². The number of phenols is 1. The lowest BCUT2D eigenvalue weighted by atomic mass is 10.1. The topological polar surface area (TPSA) is 49.3 Å². The molecule has 1 aromatic carbocycles. The van der Waals surface area contributed by atoms with E-state index < -0.39 is 0 Å². The van der Waals surface area contributed by atoms with Gasteiger partial charge in [-0.1, -0.05) is 30.1 Å². The molecule has 1 amide bonds. The minimum Gasteiger partial charge on any atom is -0.505 e. The first-order valence-electron chi connectivity index (χ1n) is 4.92. The molecule has 1 aliphatic rings. The Kier molecular flexibility index (Phi) is 2.76. The highest BCUT2D eigenvalue weighted by Crippen LogP contribution is 2.46. The lowest BCUT2D eigenvalue weighted by Gasteiger charge is -2.11. The minimum atomic E-state index is -0.253. The van der Waals surface area contributed by atoms with Crippen molar-refractivity contribution in [1.82, 2.24) is 0 Å². The Hall–Kier alpha value is -0.930. The molecule has 0 aliphatic heterocycles. The summed E-state index contributed by atoms with van der Waals surface area (Å²) in [5.41, 5.74) is 0.252. The summed E-state index contributed by atoms with van der Waals surface area (Å²) < 4.78 is 0. The van der Waals surface area contributed by atoms with Crippen LogP contribution in [0.25, 0.3) is 0 Å². The maximum Gasteiger partial charge on any atom is 0.230 e. The van der Waals surface area contributed by atoms with Gasteiger partial charge >= 0.3 is 0 Å². The average molecular weight is 260 g/mol. The van der Waals surface area contributed by atoms with Gasteiger partial charge in [-0.15, -0.1) is 0 Å². The molecule has 1 aliphatic carbocycles. The van der Waals surface area contributed by atoms with Gasteiger partial charge in [0.15, 0.2) is 5.75 Å². The number of phenolic OH excluding ortho intramolecular Hbond substituents is 1. The first-order chi connectivity index (χ1) is 7.42. The van der Waals surface area contributed by atoms with Gasteiger partial charge in [0.05, 0.1) is 10.0 Å². The van der Waals surface area contributed by atoms with Crippen LogP contribution in [0.15, 0.2) is 12.1 Å². The molecule has 1 aromatic rings. The van der Waals surface area contributed by atoms with Gasteiger partial charge in [-0.2, -0.15) is 0 Å². The van der Waals surface area contributed by atoms with E-state index >= 15 is 0 Å². The van der Waals surface area contributed by atoms with Gasteiger partial charge in [-0.05, 0) is 25.0 Å². The van der Waals surface area contributed by atoms with E-state index in [1.165, 1.54) is 12.1 Å². The van der Waals surface area contributed by atoms with E-state index in [1.54, 1.807) is 0 Å². The van der Waals surface area contributed by atoms with Gasteiger partial charge in [0.1, 0.15) is 0 Å². The number of nitrogens with one attached hydrogen (secondary N) is 1. The highest BCUT2D eigenvalue weighted by molar-refractivity contribution is 6.37. The minimum absolute atomic E-state index is 0.0367. The number of benzene rings is 1. The Labute approximate surface area is 103 Å². The fourth-order valence-corrected chi connectivity index (χ4v) is 1.82. The summed E-state index contributed by atoms with van der Waals surface area (Å²) in [7, 11) is 0. The molecule has 2 N–H and O–H groups in total. The van der Waals surface area contributed by atoms with Crippen molar-refractivity contribution in [3.05, 3.63) is 22.2 Å². The van der Waals surface area contributed by atoms with E-state index in [9.17, 15) is 9.90 Å². The molecule has 0 bridgehead atoms. The van der Waals surface area contributed by atoms with E-state index in [-0.39, 0.29) is 27.1 Å². The fraction of sp³-hybridized carbons (Fsp3) is 0.364. The number of carbonyl (C=O) groups excluding carboxylic acids is 1. The van der Waals surface area contributed by atoms with Crippen LogP contribution in [0, 0.1) is 5.41 Å². The Morgan fingerprint density at radius 2 is 1.88 bits per heavy atom. The molecular weight excluding hydrogens is 249 g/mol. The van der Waals surface area contributed by atoms with Crippen LogP contribution in [0.1, 0.15) is 19.8 Å². The molecule has 0 atom stereocenters. The zero-order valence-electron chi connectivity index (χ0n) is 8.68. The fourth-order valence-electron chi connectivity index (χ4n) is 1.33. The Morgan fingerprint density at radius 1 is 1.38 bits per heavy atom. The van der Waals surface area contributed by atoms with Crippen LogP contribution < -0.4 is 5.32 Å². The molecule has 86 valence electrons. The van der Waals surface area contributed by atoms with Crippen LogP contribution in [0.2, 0.25) is 10.0 Å². The highest BCUT2D eigenvalue weighted by Gasteiger charge is 2.44. The summed E-state index contributed by atoms with van der Waals surface area (Å²) in [5.74, 6) is -0.204. The molecule has 0 spiro atoms. The molecule has 0 unspecified atom stereocenters. The number of rotatable bonds is 2. The summed E-state index contributed by atoms with van der Waals surface area (Å²) in [6, 6.07) is 2.96. The predicted molar refractivity (Wildman–Crippen MR) is 64.1 cm³/mol. The average Bonchev–Trinajstić information content (AvgIpc) is 2.94. The van der Waals surface area contributed by atoms with Crippen LogP contribution in [0.4, 0.5) is 5.69 Å². The van der Waals surface area contributed by atoms with Crippen molar-refractivity contribution in [2.45, 2.75) is 19.8 Å². The third-order valence-corrected chi connectivity index (χ3v) is 3.40. The summed E-state index contributed by atoms with van der Waals surface area (Å²) in [6.07, 6.45) is 1.80. The SMILES string of the molecule is CC1(C(=O)Nc2cc(Cl)c(O)c(Cl)c2)CC1. The molecule has 0 heterocycles. The number of aromatic hydroxyl groups is 1. The number of hydrogen-bond donors (Lipinski definition) is 2. The van der Waals surface area contributed by atoms with Gasteiger partial charge in [0.25, 0.3) is 0 Å². The van der Waals surface area contributed by atoms with Crippen molar-refractivity contribution in [2.24, 2.45) is 5.41 Å². The Morgan fingerprint density at radius 3 is 2.31 bits per heavy atom. The number of amides is 1. The number of anilines is 1. The van der Waals surface area contributed by atoms with Crippen LogP contribution in [-0.4, -0.2) is 11.0 Å². The predicted octanol–water partition coefficient (Wildman–Crippen LogP) is 3.44. The quantitative estimate of drug-likeness (QED) is 0.800.